The monoisotopic (exact) mass is 383 g/mol. The molecule has 138 valence electrons. The van der Waals surface area contributed by atoms with E-state index in [0.29, 0.717) is 22.8 Å². The van der Waals surface area contributed by atoms with Crippen LogP contribution in [0.3, 0.4) is 0 Å². The number of amides is 1. The number of aromatic nitrogens is 4. The van der Waals surface area contributed by atoms with Crippen LogP contribution in [0.2, 0.25) is 0 Å². The Bertz CT molecular complexity index is 1120. The van der Waals surface area contributed by atoms with Crippen LogP contribution in [0.4, 0.5) is 5.95 Å². The van der Waals surface area contributed by atoms with Crippen LogP contribution in [0.25, 0.3) is 11.4 Å². The highest BCUT2D eigenvalue weighted by atomic mass is 32.2. The van der Waals surface area contributed by atoms with Crippen LogP contribution in [0.1, 0.15) is 21.7 Å². The van der Waals surface area contributed by atoms with Gasteiger partial charge >= 0.3 is 0 Å². The maximum absolute atomic E-state index is 12.6. The summed E-state index contributed by atoms with van der Waals surface area (Å²) in [5.41, 5.74) is 1.63. The van der Waals surface area contributed by atoms with Gasteiger partial charge in [-0.15, -0.1) is 0 Å². The molecular formula is C18H17N5O3S. The van der Waals surface area contributed by atoms with Crippen molar-refractivity contribution in [3.05, 3.63) is 59.7 Å². The minimum Gasteiger partial charge on any atom is -0.290 e. The van der Waals surface area contributed by atoms with E-state index in [1.165, 1.54) is 18.2 Å². The fraction of sp³-hybridized carbons (Fsp3) is 0.167. The molecule has 0 aliphatic carbocycles. The summed E-state index contributed by atoms with van der Waals surface area (Å²) in [5.74, 6) is 0.560. The predicted molar refractivity (Wildman–Crippen MR) is 100 cm³/mol. The van der Waals surface area contributed by atoms with Crippen LogP contribution >= 0.6 is 0 Å². The zero-order valence-corrected chi connectivity index (χ0v) is 15.8. The molecule has 0 radical (unpaired) electrons. The first kappa shape index (κ1) is 18.6. The molecule has 0 atom stereocenters. The van der Waals surface area contributed by atoms with E-state index in [1.807, 2.05) is 0 Å². The van der Waals surface area contributed by atoms with Crippen LogP contribution in [0, 0.1) is 13.8 Å². The first-order valence-corrected chi connectivity index (χ1v) is 9.88. The van der Waals surface area contributed by atoms with Gasteiger partial charge in [0.15, 0.2) is 15.7 Å². The summed E-state index contributed by atoms with van der Waals surface area (Å²) in [7, 11) is -3.34. The van der Waals surface area contributed by atoms with Gasteiger partial charge in [0.2, 0.25) is 5.95 Å². The number of pyridine rings is 1. The molecule has 0 bridgehead atoms. The molecule has 8 nitrogen and oxygen atoms in total. The number of carbonyl (C=O) groups is 1. The lowest BCUT2D eigenvalue weighted by Crippen LogP contribution is -2.17. The van der Waals surface area contributed by atoms with Crippen molar-refractivity contribution in [3.63, 3.8) is 0 Å². The zero-order chi connectivity index (χ0) is 19.6. The van der Waals surface area contributed by atoms with Crippen LogP contribution in [-0.2, 0) is 9.84 Å². The fourth-order valence-electron chi connectivity index (χ4n) is 2.46. The standard InChI is InChI=1S/C18H17N5O3S/c1-11-10-14(27(3,25)26)4-5-15(11)17(24)23-18-21-12(2)20-16(22-18)13-6-8-19-9-7-13/h4-10H,1-3H3,(H,20,21,22,23,24). The molecular weight excluding hydrogens is 366 g/mol. The Labute approximate surface area is 156 Å². The first-order chi connectivity index (χ1) is 12.7. The molecule has 0 saturated heterocycles. The number of carbonyl (C=O) groups excluding carboxylic acids is 1. The highest BCUT2D eigenvalue weighted by molar-refractivity contribution is 7.90. The third-order valence-electron chi connectivity index (χ3n) is 3.78. The molecule has 1 N–H and O–H groups in total. The summed E-state index contributed by atoms with van der Waals surface area (Å²) in [4.78, 5) is 29.4. The molecule has 2 heterocycles. The fourth-order valence-corrected chi connectivity index (χ4v) is 3.16. The van der Waals surface area contributed by atoms with Gasteiger partial charge in [-0.25, -0.2) is 13.4 Å². The van der Waals surface area contributed by atoms with Crippen molar-refractivity contribution in [1.29, 1.82) is 0 Å². The van der Waals surface area contributed by atoms with Crippen molar-refractivity contribution in [2.75, 3.05) is 11.6 Å². The number of rotatable bonds is 4. The van der Waals surface area contributed by atoms with Gasteiger partial charge in [-0.3, -0.25) is 15.1 Å². The average Bonchev–Trinajstić information content (AvgIpc) is 2.61. The summed E-state index contributed by atoms with van der Waals surface area (Å²) >= 11 is 0. The van der Waals surface area contributed by atoms with Crippen LogP contribution in [0.5, 0.6) is 0 Å². The van der Waals surface area contributed by atoms with Gasteiger partial charge in [0, 0.05) is 29.8 Å². The molecule has 0 fully saturated rings. The maximum Gasteiger partial charge on any atom is 0.258 e. The Morgan fingerprint density at radius 1 is 1.00 bits per heavy atom. The lowest BCUT2D eigenvalue weighted by Gasteiger charge is -2.09. The Balaban J connectivity index is 1.90. The second-order valence-electron chi connectivity index (χ2n) is 5.97. The normalized spacial score (nSPS) is 11.2. The van der Waals surface area contributed by atoms with Gasteiger partial charge in [-0.2, -0.15) is 9.97 Å². The molecule has 1 amide bonds. The van der Waals surface area contributed by atoms with Crippen molar-refractivity contribution in [2.24, 2.45) is 0 Å². The number of benzene rings is 1. The van der Waals surface area contributed by atoms with Crippen molar-refractivity contribution >= 4 is 21.7 Å². The third-order valence-corrected chi connectivity index (χ3v) is 4.89. The van der Waals surface area contributed by atoms with Gasteiger partial charge in [0.1, 0.15) is 5.82 Å². The topological polar surface area (TPSA) is 115 Å². The van der Waals surface area contributed by atoms with Gasteiger partial charge in [0.25, 0.3) is 5.91 Å². The Morgan fingerprint density at radius 3 is 2.33 bits per heavy atom. The van der Waals surface area contributed by atoms with Gasteiger partial charge in [-0.1, -0.05) is 0 Å². The smallest absolute Gasteiger partial charge is 0.258 e. The molecule has 0 aliphatic rings. The maximum atomic E-state index is 12.6. The molecule has 27 heavy (non-hydrogen) atoms. The molecule has 0 aliphatic heterocycles. The van der Waals surface area contributed by atoms with Crippen molar-refractivity contribution in [1.82, 2.24) is 19.9 Å². The number of nitrogens with one attached hydrogen (secondary N) is 1. The van der Waals surface area contributed by atoms with Crippen LogP contribution < -0.4 is 5.32 Å². The predicted octanol–water partition coefficient (Wildman–Crippen LogP) is 2.21. The van der Waals surface area contributed by atoms with E-state index in [9.17, 15) is 13.2 Å². The lowest BCUT2D eigenvalue weighted by atomic mass is 10.1. The second-order valence-corrected chi connectivity index (χ2v) is 7.98. The van der Waals surface area contributed by atoms with Crippen LogP contribution in [0.15, 0.2) is 47.6 Å². The average molecular weight is 383 g/mol. The SMILES string of the molecule is Cc1nc(NC(=O)c2ccc(S(C)(=O)=O)cc2C)nc(-c2ccncc2)n1. The number of sulfone groups is 1. The van der Waals surface area contributed by atoms with Gasteiger partial charge in [-0.05, 0) is 49.7 Å². The molecule has 3 rings (SSSR count). The highest BCUT2D eigenvalue weighted by Crippen LogP contribution is 2.18. The third kappa shape index (κ3) is 4.32. The number of nitrogens with zero attached hydrogens (tertiary/aromatic N) is 4. The summed E-state index contributed by atoms with van der Waals surface area (Å²) in [6, 6.07) is 7.85. The Kier molecular flexibility index (Phi) is 4.95. The van der Waals surface area contributed by atoms with E-state index in [2.05, 4.69) is 25.3 Å². The largest absolute Gasteiger partial charge is 0.290 e. The van der Waals surface area contributed by atoms with E-state index >= 15 is 0 Å². The molecule has 3 aromatic rings. The zero-order valence-electron chi connectivity index (χ0n) is 15.0. The number of anilines is 1. The van der Waals surface area contributed by atoms with Crippen molar-refractivity contribution < 1.29 is 13.2 Å². The van der Waals surface area contributed by atoms with E-state index < -0.39 is 15.7 Å². The van der Waals surface area contributed by atoms with E-state index in [4.69, 9.17) is 0 Å². The summed E-state index contributed by atoms with van der Waals surface area (Å²) in [6.45, 7) is 3.37. The Hall–Kier alpha value is -3.20. The molecule has 9 heteroatoms. The molecule has 0 spiro atoms. The second kappa shape index (κ2) is 7.20. The lowest BCUT2D eigenvalue weighted by molar-refractivity contribution is 0.102. The van der Waals surface area contributed by atoms with Crippen molar-refractivity contribution in [3.8, 4) is 11.4 Å². The quantitative estimate of drug-likeness (QED) is 0.734. The minimum absolute atomic E-state index is 0.117. The molecule has 2 aromatic heterocycles. The summed E-state index contributed by atoms with van der Waals surface area (Å²) in [5, 5.41) is 2.64. The van der Waals surface area contributed by atoms with Crippen LogP contribution in [-0.4, -0.2) is 40.5 Å². The van der Waals surface area contributed by atoms with Gasteiger partial charge < -0.3 is 0 Å². The summed E-state index contributed by atoms with van der Waals surface area (Å²) in [6.07, 6.45) is 4.37. The Morgan fingerprint density at radius 2 is 1.70 bits per heavy atom. The number of aryl methyl sites for hydroxylation is 2. The highest BCUT2D eigenvalue weighted by Gasteiger charge is 2.15. The van der Waals surface area contributed by atoms with E-state index in [1.54, 1.807) is 38.4 Å². The first-order valence-electron chi connectivity index (χ1n) is 7.99. The molecule has 1 aromatic carbocycles. The number of hydrogen-bond donors (Lipinski definition) is 1. The summed E-state index contributed by atoms with van der Waals surface area (Å²) < 4.78 is 23.3. The van der Waals surface area contributed by atoms with Gasteiger partial charge in [0.05, 0.1) is 4.90 Å². The molecule has 0 saturated carbocycles. The number of hydrogen-bond acceptors (Lipinski definition) is 7. The minimum atomic E-state index is -3.34. The molecule has 0 unspecified atom stereocenters. The van der Waals surface area contributed by atoms with Crippen molar-refractivity contribution in [2.45, 2.75) is 18.7 Å². The van der Waals surface area contributed by atoms with E-state index in [0.717, 1.165) is 11.8 Å². The van der Waals surface area contributed by atoms with E-state index in [-0.39, 0.29) is 10.8 Å².